The second-order valence-electron chi connectivity index (χ2n) is 4.40. The number of ether oxygens (including phenoxy) is 2. The third-order valence-electron chi connectivity index (χ3n) is 2.62. The summed E-state index contributed by atoms with van der Waals surface area (Å²) in [5, 5.41) is 9.73. The number of guanidine groups is 1. The summed E-state index contributed by atoms with van der Waals surface area (Å²) in [6.07, 6.45) is 0.902. The Balaban J connectivity index is 2.21. The van der Waals surface area contributed by atoms with Crippen molar-refractivity contribution in [1.82, 2.24) is 15.6 Å². The third kappa shape index (κ3) is 8.64. The zero-order chi connectivity index (χ0) is 15.3. The molecule has 0 aromatic carbocycles. The van der Waals surface area contributed by atoms with E-state index >= 15 is 0 Å². The minimum atomic E-state index is 0.602. The van der Waals surface area contributed by atoms with Crippen LogP contribution in [0.15, 0.2) is 10.4 Å². The van der Waals surface area contributed by atoms with Crippen LogP contribution < -0.4 is 10.6 Å². The summed E-state index contributed by atoms with van der Waals surface area (Å²) in [7, 11) is 1.67. The normalized spacial score (nSPS) is 11.7. The van der Waals surface area contributed by atoms with Crippen molar-refractivity contribution in [2.24, 2.45) is 4.99 Å². The predicted octanol–water partition coefficient (Wildman–Crippen LogP) is 1.21. The number of methoxy groups -OCH3 is 1. The average Bonchev–Trinajstić information content (AvgIpc) is 2.88. The topological polar surface area (TPSA) is 67.8 Å². The summed E-state index contributed by atoms with van der Waals surface area (Å²) in [6, 6.07) is 0. The lowest BCUT2D eigenvalue weighted by atomic mass is 10.3. The number of hydrogen-bond donors (Lipinski definition) is 2. The molecule has 0 aliphatic heterocycles. The van der Waals surface area contributed by atoms with Crippen LogP contribution in [0.5, 0.6) is 0 Å². The number of rotatable bonds is 10. The number of aliphatic imine (C=N–C) groups is 1. The maximum Gasteiger partial charge on any atom is 0.191 e. The molecular weight excluding hydrogens is 288 g/mol. The van der Waals surface area contributed by atoms with Crippen LogP contribution in [0.4, 0.5) is 0 Å². The van der Waals surface area contributed by atoms with Crippen LogP contribution in [0, 0.1) is 6.92 Å². The molecule has 6 nitrogen and oxygen atoms in total. The molecule has 0 aliphatic carbocycles. The van der Waals surface area contributed by atoms with Crippen LogP contribution in [0.3, 0.4) is 0 Å². The largest absolute Gasteiger partial charge is 0.382 e. The van der Waals surface area contributed by atoms with E-state index in [1.165, 1.54) is 0 Å². The first kappa shape index (κ1) is 17.9. The highest BCUT2D eigenvalue weighted by Crippen LogP contribution is 2.07. The molecule has 0 amide bonds. The van der Waals surface area contributed by atoms with Gasteiger partial charge in [-0.25, -0.2) is 4.98 Å². The molecular formula is C14H26N4O2S. The Labute approximate surface area is 131 Å². The van der Waals surface area contributed by atoms with Crippen molar-refractivity contribution in [3.8, 4) is 0 Å². The lowest BCUT2D eigenvalue weighted by Gasteiger charge is -2.10. The van der Waals surface area contributed by atoms with Crippen molar-refractivity contribution in [1.29, 1.82) is 0 Å². The van der Waals surface area contributed by atoms with Crippen LogP contribution in [0.2, 0.25) is 0 Å². The SMILES string of the molecule is CCNC(=NCCOCCOC)NCCc1csc(C)n1. The lowest BCUT2D eigenvalue weighted by molar-refractivity contribution is 0.0748. The summed E-state index contributed by atoms with van der Waals surface area (Å²) < 4.78 is 10.3. The fourth-order valence-corrected chi connectivity index (χ4v) is 2.29. The highest BCUT2D eigenvalue weighted by molar-refractivity contribution is 7.09. The summed E-state index contributed by atoms with van der Waals surface area (Å²) in [6.45, 7) is 8.20. The second kappa shape index (κ2) is 11.5. The molecule has 0 aliphatic rings. The van der Waals surface area contributed by atoms with Gasteiger partial charge in [-0.05, 0) is 13.8 Å². The van der Waals surface area contributed by atoms with Crippen LogP contribution in [-0.2, 0) is 15.9 Å². The number of aromatic nitrogens is 1. The lowest BCUT2D eigenvalue weighted by Crippen LogP contribution is -2.38. The molecule has 0 spiro atoms. The van der Waals surface area contributed by atoms with Crippen molar-refractivity contribution in [3.63, 3.8) is 0 Å². The molecule has 0 saturated carbocycles. The first-order valence-corrected chi connectivity index (χ1v) is 8.14. The minimum absolute atomic E-state index is 0.602. The highest BCUT2D eigenvalue weighted by Gasteiger charge is 2.00. The van der Waals surface area contributed by atoms with Crippen LogP contribution in [0.25, 0.3) is 0 Å². The van der Waals surface area contributed by atoms with Gasteiger partial charge in [0.15, 0.2) is 5.96 Å². The smallest absolute Gasteiger partial charge is 0.191 e. The van der Waals surface area contributed by atoms with Gasteiger partial charge in [-0.3, -0.25) is 4.99 Å². The van der Waals surface area contributed by atoms with Gasteiger partial charge >= 0.3 is 0 Å². The van der Waals surface area contributed by atoms with Gasteiger partial charge in [0.25, 0.3) is 0 Å². The Morgan fingerprint density at radius 2 is 2.19 bits per heavy atom. The van der Waals surface area contributed by atoms with Gasteiger partial charge in [0.2, 0.25) is 0 Å². The van der Waals surface area contributed by atoms with Gasteiger partial charge in [-0.2, -0.15) is 0 Å². The molecule has 2 N–H and O–H groups in total. The van der Waals surface area contributed by atoms with E-state index in [2.05, 4.69) is 32.9 Å². The zero-order valence-corrected chi connectivity index (χ0v) is 14.0. The van der Waals surface area contributed by atoms with Crippen molar-refractivity contribution in [2.75, 3.05) is 46.6 Å². The molecule has 1 aromatic heterocycles. The summed E-state index contributed by atoms with van der Waals surface area (Å²) >= 11 is 1.69. The highest BCUT2D eigenvalue weighted by atomic mass is 32.1. The molecule has 0 bridgehead atoms. The fourth-order valence-electron chi connectivity index (χ4n) is 1.64. The summed E-state index contributed by atoms with van der Waals surface area (Å²) in [4.78, 5) is 8.90. The minimum Gasteiger partial charge on any atom is -0.382 e. The molecule has 0 saturated heterocycles. The van der Waals surface area contributed by atoms with Gasteiger partial charge in [0.1, 0.15) is 0 Å². The molecule has 21 heavy (non-hydrogen) atoms. The number of nitrogens with zero attached hydrogens (tertiary/aromatic N) is 2. The Bertz CT molecular complexity index is 409. The maximum atomic E-state index is 5.38. The molecule has 120 valence electrons. The standard InChI is InChI=1S/C14H26N4O2S/c1-4-15-14(17-7-8-20-10-9-19-3)16-6-5-13-11-21-12(2)18-13/h11H,4-10H2,1-3H3,(H2,15,16,17). The molecule has 1 aromatic rings. The average molecular weight is 314 g/mol. The first-order valence-electron chi connectivity index (χ1n) is 7.26. The molecule has 1 rings (SSSR count). The molecule has 7 heteroatoms. The van der Waals surface area contributed by atoms with E-state index in [1.54, 1.807) is 18.4 Å². The van der Waals surface area contributed by atoms with E-state index in [4.69, 9.17) is 9.47 Å². The van der Waals surface area contributed by atoms with Gasteiger partial charge < -0.3 is 20.1 Å². The van der Waals surface area contributed by atoms with Gasteiger partial charge in [0, 0.05) is 32.0 Å². The van der Waals surface area contributed by atoms with Crippen LogP contribution >= 0.6 is 11.3 Å². The van der Waals surface area contributed by atoms with Crippen molar-refractivity contribution < 1.29 is 9.47 Å². The number of thiazole rings is 1. The molecule has 0 fully saturated rings. The monoisotopic (exact) mass is 314 g/mol. The van der Waals surface area contributed by atoms with Crippen molar-refractivity contribution in [2.45, 2.75) is 20.3 Å². The predicted molar refractivity (Wildman–Crippen MR) is 87.2 cm³/mol. The van der Waals surface area contributed by atoms with E-state index in [0.29, 0.717) is 26.4 Å². The number of nitrogens with one attached hydrogen (secondary N) is 2. The van der Waals surface area contributed by atoms with E-state index in [0.717, 1.165) is 36.2 Å². The molecule has 1 heterocycles. The Morgan fingerprint density at radius 1 is 1.33 bits per heavy atom. The van der Waals surface area contributed by atoms with E-state index in [9.17, 15) is 0 Å². The zero-order valence-electron chi connectivity index (χ0n) is 13.1. The summed E-state index contributed by atoms with van der Waals surface area (Å²) in [5.74, 6) is 0.819. The van der Waals surface area contributed by atoms with Gasteiger partial charge in [0.05, 0.1) is 37.1 Å². The van der Waals surface area contributed by atoms with Crippen LogP contribution in [0.1, 0.15) is 17.6 Å². The van der Waals surface area contributed by atoms with E-state index in [-0.39, 0.29) is 0 Å². The van der Waals surface area contributed by atoms with Crippen molar-refractivity contribution >= 4 is 17.3 Å². The third-order valence-corrected chi connectivity index (χ3v) is 3.44. The Hall–Kier alpha value is -1.18. The van der Waals surface area contributed by atoms with Crippen LogP contribution in [-0.4, -0.2) is 57.5 Å². The maximum absolute atomic E-state index is 5.38. The van der Waals surface area contributed by atoms with Gasteiger partial charge in [-0.15, -0.1) is 11.3 Å². The van der Waals surface area contributed by atoms with Crippen molar-refractivity contribution in [3.05, 3.63) is 16.1 Å². The molecule has 0 unspecified atom stereocenters. The first-order chi connectivity index (χ1) is 10.3. The van der Waals surface area contributed by atoms with E-state index < -0.39 is 0 Å². The Morgan fingerprint density at radius 3 is 2.86 bits per heavy atom. The number of hydrogen-bond acceptors (Lipinski definition) is 5. The van der Waals surface area contributed by atoms with Gasteiger partial charge in [-0.1, -0.05) is 0 Å². The molecule has 0 radical (unpaired) electrons. The quantitative estimate of drug-likeness (QED) is 0.386. The fraction of sp³-hybridized carbons (Fsp3) is 0.714. The van der Waals surface area contributed by atoms with E-state index in [1.807, 2.05) is 6.92 Å². The summed E-state index contributed by atoms with van der Waals surface area (Å²) in [5.41, 5.74) is 1.13. The molecule has 0 atom stereocenters. The number of aryl methyl sites for hydroxylation is 1. The Kier molecular flexibility index (Phi) is 9.77. The second-order valence-corrected chi connectivity index (χ2v) is 5.46.